The molecule has 2 unspecified atom stereocenters. The number of hydrogen-bond donors (Lipinski definition) is 3. The molecule has 4 N–H and O–H groups in total. The van der Waals surface area contributed by atoms with Gasteiger partial charge in [0, 0.05) is 13.1 Å². The number of carboxylic acids is 1. The summed E-state index contributed by atoms with van der Waals surface area (Å²) in [5.41, 5.74) is 4.05. The van der Waals surface area contributed by atoms with Gasteiger partial charge in [-0.15, -0.1) is 0 Å². The van der Waals surface area contributed by atoms with Crippen LogP contribution in [0.5, 0.6) is 0 Å². The lowest BCUT2D eigenvalue weighted by Crippen LogP contribution is -2.59. The van der Waals surface area contributed by atoms with Gasteiger partial charge in [0.05, 0.1) is 5.92 Å². The number of nitrogens with two attached hydrogens (primary N) is 1. The molecule has 0 aromatic carbocycles. The van der Waals surface area contributed by atoms with Crippen LogP contribution in [0.2, 0.25) is 0 Å². The van der Waals surface area contributed by atoms with Gasteiger partial charge < -0.3 is 21.1 Å². The van der Waals surface area contributed by atoms with Crippen LogP contribution in [-0.4, -0.2) is 46.5 Å². The monoisotopic (exact) mass is 283 g/mol. The van der Waals surface area contributed by atoms with Gasteiger partial charge >= 0.3 is 12.0 Å². The number of nitrogens with zero attached hydrogens (tertiary/aromatic N) is 1. The maximum absolute atomic E-state index is 12.2. The molecule has 1 heterocycles. The van der Waals surface area contributed by atoms with Crippen molar-refractivity contribution in [3.63, 3.8) is 0 Å². The van der Waals surface area contributed by atoms with Crippen LogP contribution >= 0.6 is 0 Å². The molecule has 2 atom stereocenters. The van der Waals surface area contributed by atoms with Crippen molar-refractivity contribution in [3.8, 4) is 0 Å². The third kappa shape index (κ3) is 2.86. The van der Waals surface area contributed by atoms with Crippen LogP contribution in [-0.2, 0) is 9.59 Å². The average molecular weight is 283 g/mol. The van der Waals surface area contributed by atoms with E-state index in [4.69, 9.17) is 5.73 Å². The predicted molar refractivity (Wildman–Crippen MR) is 70.8 cm³/mol. The Balaban J connectivity index is 2.00. The molecule has 0 bridgehead atoms. The zero-order valence-electron chi connectivity index (χ0n) is 11.6. The van der Waals surface area contributed by atoms with Crippen LogP contribution in [0, 0.1) is 11.8 Å². The van der Waals surface area contributed by atoms with Crippen LogP contribution in [0.25, 0.3) is 0 Å². The van der Waals surface area contributed by atoms with Crippen LogP contribution < -0.4 is 11.1 Å². The van der Waals surface area contributed by atoms with Gasteiger partial charge in [0.25, 0.3) is 0 Å². The summed E-state index contributed by atoms with van der Waals surface area (Å²) in [6, 6.07) is -0.423. The van der Waals surface area contributed by atoms with E-state index in [1.807, 2.05) is 0 Å². The quantitative estimate of drug-likeness (QED) is 0.681. The molecule has 1 aliphatic heterocycles. The van der Waals surface area contributed by atoms with Crippen molar-refractivity contribution >= 4 is 17.9 Å². The maximum atomic E-state index is 12.2. The number of rotatable bonds is 4. The highest BCUT2D eigenvalue weighted by molar-refractivity contribution is 5.87. The average Bonchev–Trinajstić information content (AvgIpc) is 3.23. The molecule has 2 fully saturated rings. The molecular formula is C13H21N3O4. The standard InChI is InChI=1S/C13H21N3O4/c1-13(11(18)19,9-4-5-9)15-12(20)16-6-2-3-8(7-16)10(14)17/h8-9H,2-7H2,1H3,(H2,14,17)(H,15,20)(H,18,19). The molecular weight excluding hydrogens is 262 g/mol. The summed E-state index contributed by atoms with van der Waals surface area (Å²) in [7, 11) is 0. The number of carboxylic acid groups (broad SMARTS) is 1. The van der Waals surface area contributed by atoms with Gasteiger partial charge in [-0.1, -0.05) is 0 Å². The van der Waals surface area contributed by atoms with Gasteiger partial charge in [0.1, 0.15) is 5.54 Å². The lowest BCUT2D eigenvalue weighted by molar-refractivity contribution is -0.144. The number of amides is 3. The maximum Gasteiger partial charge on any atom is 0.329 e. The molecule has 2 rings (SSSR count). The molecule has 2 aliphatic rings. The summed E-state index contributed by atoms with van der Waals surface area (Å²) >= 11 is 0. The van der Waals surface area contributed by atoms with Crippen molar-refractivity contribution < 1.29 is 19.5 Å². The first-order valence-electron chi connectivity index (χ1n) is 6.94. The smallest absolute Gasteiger partial charge is 0.329 e. The number of aliphatic carboxylic acids is 1. The minimum absolute atomic E-state index is 0.0133. The van der Waals surface area contributed by atoms with E-state index in [2.05, 4.69) is 5.32 Å². The SMILES string of the molecule is CC(NC(=O)N1CCCC(C(N)=O)C1)(C(=O)O)C1CC1. The van der Waals surface area contributed by atoms with Crippen molar-refractivity contribution in [1.29, 1.82) is 0 Å². The molecule has 20 heavy (non-hydrogen) atoms. The fraction of sp³-hybridized carbons (Fsp3) is 0.769. The Labute approximate surface area is 117 Å². The highest BCUT2D eigenvalue weighted by Gasteiger charge is 2.49. The number of carbonyl (C=O) groups excluding carboxylic acids is 2. The Bertz CT molecular complexity index is 435. The zero-order valence-corrected chi connectivity index (χ0v) is 11.6. The van der Waals surface area contributed by atoms with Crippen molar-refractivity contribution in [2.75, 3.05) is 13.1 Å². The first kappa shape index (κ1) is 14.6. The fourth-order valence-electron chi connectivity index (χ4n) is 2.69. The van der Waals surface area contributed by atoms with E-state index in [-0.39, 0.29) is 18.4 Å². The first-order chi connectivity index (χ1) is 9.34. The lowest BCUT2D eigenvalue weighted by Gasteiger charge is -2.35. The van der Waals surface area contributed by atoms with Crippen LogP contribution in [0.15, 0.2) is 0 Å². The summed E-state index contributed by atoms with van der Waals surface area (Å²) in [5, 5.41) is 11.9. The Morgan fingerprint density at radius 2 is 1.95 bits per heavy atom. The Morgan fingerprint density at radius 3 is 2.45 bits per heavy atom. The van der Waals surface area contributed by atoms with Gasteiger partial charge in [-0.2, -0.15) is 0 Å². The molecule has 112 valence electrons. The Hall–Kier alpha value is -1.79. The normalized spacial score (nSPS) is 25.6. The molecule has 3 amide bonds. The minimum atomic E-state index is -1.23. The molecule has 0 aromatic heterocycles. The van der Waals surface area contributed by atoms with E-state index in [1.54, 1.807) is 6.92 Å². The molecule has 1 aliphatic carbocycles. The van der Waals surface area contributed by atoms with Crippen molar-refractivity contribution in [3.05, 3.63) is 0 Å². The van der Waals surface area contributed by atoms with Crippen molar-refractivity contribution in [2.45, 2.75) is 38.1 Å². The fourth-order valence-corrected chi connectivity index (χ4v) is 2.69. The topological polar surface area (TPSA) is 113 Å². The summed E-state index contributed by atoms with van der Waals surface area (Å²) in [6.07, 6.45) is 3.01. The van der Waals surface area contributed by atoms with Gasteiger partial charge in [-0.25, -0.2) is 9.59 Å². The highest BCUT2D eigenvalue weighted by atomic mass is 16.4. The summed E-state index contributed by atoms with van der Waals surface area (Å²) in [6.45, 7) is 2.33. The van der Waals surface area contributed by atoms with E-state index < -0.39 is 23.4 Å². The second kappa shape index (κ2) is 5.30. The van der Waals surface area contributed by atoms with E-state index >= 15 is 0 Å². The molecule has 7 nitrogen and oxygen atoms in total. The number of likely N-dealkylation sites (tertiary alicyclic amines) is 1. The highest BCUT2D eigenvalue weighted by Crippen LogP contribution is 2.39. The van der Waals surface area contributed by atoms with Crippen LogP contribution in [0.4, 0.5) is 4.79 Å². The van der Waals surface area contributed by atoms with Gasteiger partial charge in [0.15, 0.2) is 0 Å². The van der Waals surface area contributed by atoms with Crippen LogP contribution in [0.3, 0.4) is 0 Å². The van der Waals surface area contributed by atoms with E-state index in [0.29, 0.717) is 19.4 Å². The largest absolute Gasteiger partial charge is 0.480 e. The summed E-state index contributed by atoms with van der Waals surface area (Å²) in [5.74, 6) is -1.78. The van der Waals surface area contributed by atoms with E-state index in [1.165, 1.54) is 4.90 Å². The van der Waals surface area contributed by atoms with Crippen molar-refractivity contribution in [1.82, 2.24) is 10.2 Å². The zero-order chi connectivity index (χ0) is 14.9. The number of primary amides is 1. The number of hydrogen-bond acceptors (Lipinski definition) is 3. The van der Waals surface area contributed by atoms with Gasteiger partial charge in [0.2, 0.25) is 5.91 Å². The Kier molecular flexibility index (Phi) is 3.87. The molecule has 0 aromatic rings. The van der Waals surface area contributed by atoms with Gasteiger partial charge in [-0.3, -0.25) is 4.79 Å². The first-order valence-corrected chi connectivity index (χ1v) is 6.94. The summed E-state index contributed by atoms with van der Waals surface area (Å²) in [4.78, 5) is 36.3. The van der Waals surface area contributed by atoms with Crippen LogP contribution in [0.1, 0.15) is 32.6 Å². The predicted octanol–water partition coefficient (Wildman–Crippen LogP) is 0.147. The number of urea groups is 1. The van der Waals surface area contributed by atoms with E-state index in [0.717, 1.165) is 12.8 Å². The molecule has 0 spiro atoms. The summed E-state index contributed by atoms with van der Waals surface area (Å²) < 4.78 is 0. The molecule has 1 saturated heterocycles. The lowest BCUT2D eigenvalue weighted by atomic mass is 9.95. The minimum Gasteiger partial charge on any atom is -0.480 e. The second-order valence-electron chi connectivity index (χ2n) is 5.90. The Morgan fingerprint density at radius 1 is 1.30 bits per heavy atom. The molecule has 1 saturated carbocycles. The van der Waals surface area contributed by atoms with Gasteiger partial charge in [-0.05, 0) is 38.5 Å². The number of carbonyl (C=O) groups is 3. The second-order valence-corrected chi connectivity index (χ2v) is 5.90. The molecule has 0 radical (unpaired) electrons. The third-order valence-electron chi connectivity index (χ3n) is 4.32. The number of piperidine rings is 1. The number of nitrogens with one attached hydrogen (secondary N) is 1. The van der Waals surface area contributed by atoms with E-state index in [9.17, 15) is 19.5 Å². The molecule has 7 heteroatoms. The van der Waals surface area contributed by atoms with Crippen molar-refractivity contribution in [2.24, 2.45) is 17.6 Å². The third-order valence-corrected chi connectivity index (χ3v) is 4.32.